The number of rotatable bonds is 6. The summed E-state index contributed by atoms with van der Waals surface area (Å²) < 4.78 is 1.90. The Balaban J connectivity index is 1.82. The molecule has 0 saturated heterocycles. The van der Waals surface area contributed by atoms with Crippen molar-refractivity contribution in [1.82, 2.24) is 9.55 Å². The Bertz CT molecular complexity index is 533. The van der Waals surface area contributed by atoms with Gasteiger partial charge in [-0.15, -0.1) is 0 Å². The molecule has 0 saturated carbocycles. The van der Waals surface area contributed by atoms with Crippen molar-refractivity contribution in [1.29, 1.82) is 0 Å². The molecular weight excluding hydrogens is 240 g/mol. The monoisotopic (exact) mass is 258 g/mol. The fraction of sp³-hybridized carbons (Fsp3) is 0.286. The minimum Gasteiger partial charge on any atom is -0.409 e. The van der Waals surface area contributed by atoms with E-state index >= 15 is 0 Å². The molecule has 100 valence electrons. The van der Waals surface area contributed by atoms with Gasteiger partial charge in [-0.2, -0.15) is 0 Å². The summed E-state index contributed by atoms with van der Waals surface area (Å²) in [6.07, 6.45) is 6.68. The predicted octanol–water partition coefficient (Wildman–Crippen LogP) is 2.00. The summed E-state index contributed by atoms with van der Waals surface area (Å²) in [5.74, 6) is 0.565. The summed E-state index contributed by atoms with van der Waals surface area (Å²) in [7, 11) is 0. The normalized spacial score (nSPS) is 11.7. The van der Waals surface area contributed by atoms with E-state index in [4.69, 9.17) is 10.9 Å². The lowest BCUT2D eigenvalue weighted by molar-refractivity contribution is 0.318. The molecule has 0 amide bonds. The molecule has 3 N–H and O–H groups in total. The molecule has 1 aromatic carbocycles. The first-order valence-corrected chi connectivity index (χ1v) is 6.34. The van der Waals surface area contributed by atoms with E-state index in [0.29, 0.717) is 5.82 Å². The molecule has 5 heteroatoms. The van der Waals surface area contributed by atoms with Crippen LogP contribution in [0.4, 0.5) is 0 Å². The molecule has 1 heterocycles. The molecule has 0 fully saturated rings. The molecule has 0 spiro atoms. The van der Waals surface area contributed by atoms with Gasteiger partial charge in [0.05, 0.1) is 0 Å². The van der Waals surface area contributed by atoms with Crippen molar-refractivity contribution in [3.8, 4) is 0 Å². The highest BCUT2D eigenvalue weighted by atomic mass is 16.4. The second-order valence-electron chi connectivity index (χ2n) is 4.37. The third-order valence-electron chi connectivity index (χ3n) is 3.01. The van der Waals surface area contributed by atoms with Crippen molar-refractivity contribution in [2.75, 3.05) is 0 Å². The van der Waals surface area contributed by atoms with Gasteiger partial charge < -0.3 is 15.5 Å². The van der Waals surface area contributed by atoms with E-state index in [0.717, 1.165) is 25.8 Å². The van der Waals surface area contributed by atoms with Gasteiger partial charge in [0.2, 0.25) is 5.84 Å². The lowest BCUT2D eigenvalue weighted by Gasteiger charge is -2.06. The number of imidazole rings is 1. The smallest absolute Gasteiger partial charge is 0.206 e. The van der Waals surface area contributed by atoms with Crippen LogP contribution in [0.15, 0.2) is 47.9 Å². The molecule has 0 radical (unpaired) electrons. The van der Waals surface area contributed by atoms with Crippen molar-refractivity contribution in [2.45, 2.75) is 25.8 Å². The van der Waals surface area contributed by atoms with Gasteiger partial charge in [-0.05, 0) is 24.8 Å². The Kier molecular flexibility index (Phi) is 4.55. The number of aryl methyl sites for hydroxylation is 2. The maximum absolute atomic E-state index is 8.66. The fourth-order valence-electron chi connectivity index (χ4n) is 2.02. The molecule has 0 aliphatic heterocycles. The van der Waals surface area contributed by atoms with Crippen molar-refractivity contribution in [3.05, 3.63) is 54.1 Å². The van der Waals surface area contributed by atoms with Crippen LogP contribution in [0.5, 0.6) is 0 Å². The lowest BCUT2D eigenvalue weighted by atomic mass is 10.1. The van der Waals surface area contributed by atoms with Crippen LogP contribution in [0.1, 0.15) is 24.2 Å². The maximum Gasteiger partial charge on any atom is 0.206 e. The van der Waals surface area contributed by atoms with Gasteiger partial charge >= 0.3 is 0 Å². The standard InChI is InChI=1S/C14H18N4O/c15-13(17-19)14-16-9-11-18(14)10-5-4-8-12-6-2-1-3-7-12/h1-3,6-7,9,11,19H,4-5,8,10H2,(H2,15,17). The zero-order valence-corrected chi connectivity index (χ0v) is 10.7. The van der Waals surface area contributed by atoms with Gasteiger partial charge in [-0.1, -0.05) is 35.5 Å². The van der Waals surface area contributed by atoms with Crippen LogP contribution in [0, 0.1) is 0 Å². The zero-order valence-electron chi connectivity index (χ0n) is 10.7. The van der Waals surface area contributed by atoms with Crippen molar-refractivity contribution in [2.24, 2.45) is 10.9 Å². The van der Waals surface area contributed by atoms with E-state index in [1.807, 2.05) is 16.8 Å². The Morgan fingerprint density at radius 1 is 1.26 bits per heavy atom. The number of aromatic nitrogens is 2. The minimum atomic E-state index is 0.0491. The summed E-state index contributed by atoms with van der Waals surface area (Å²) >= 11 is 0. The number of nitrogens with two attached hydrogens (primary N) is 1. The number of oxime groups is 1. The Labute approximate surface area is 112 Å². The van der Waals surface area contributed by atoms with Crippen molar-refractivity contribution >= 4 is 5.84 Å². The average molecular weight is 258 g/mol. The molecule has 19 heavy (non-hydrogen) atoms. The quantitative estimate of drug-likeness (QED) is 0.273. The van der Waals surface area contributed by atoms with Crippen LogP contribution in [-0.2, 0) is 13.0 Å². The number of benzene rings is 1. The fourth-order valence-corrected chi connectivity index (χ4v) is 2.02. The Morgan fingerprint density at radius 2 is 2.05 bits per heavy atom. The third-order valence-corrected chi connectivity index (χ3v) is 3.01. The molecule has 0 atom stereocenters. The second kappa shape index (κ2) is 6.58. The van der Waals surface area contributed by atoms with Crippen LogP contribution in [-0.4, -0.2) is 20.6 Å². The molecule has 2 aromatic rings. The lowest BCUT2D eigenvalue weighted by Crippen LogP contribution is -2.19. The van der Waals surface area contributed by atoms with E-state index < -0.39 is 0 Å². The van der Waals surface area contributed by atoms with E-state index in [1.165, 1.54) is 5.56 Å². The van der Waals surface area contributed by atoms with Crippen molar-refractivity contribution < 1.29 is 5.21 Å². The van der Waals surface area contributed by atoms with Gasteiger partial charge in [-0.3, -0.25) is 0 Å². The Hall–Kier alpha value is -2.30. The topological polar surface area (TPSA) is 76.4 Å². The first kappa shape index (κ1) is 13.1. The van der Waals surface area contributed by atoms with Gasteiger partial charge in [0, 0.05) is 18.9 Å². The number of hydrogen-bond acceptors (Lipinski definition) is 3. The summed E-state index contributed by atoms with van der Waals surface area (Å²) in [5.41, 5.74) is 6.90. The second-order valence-corrected chi connectivity index (χ2v) is 4.37. The maximum atomic E-state index is 8.66. The van der Waals surface area contributed by atoms with Gasteiger partial charge in [0.1, 0.15) is 0 Å². The molecular formula is C14H18N4O. The third kappa shape index (κ3) is 3.58. The van der Waals surface area contributed by atoms with E-state index in [2.05, 4.69) is 34.4 Å². The molecule has 0 unspecified atom stereocenters. The average Bonchev–Trinajstić information content (AvgIpc) is 2.92. The van der Waals surface area contributed by atoms with Crippen LogP contribution < -0.4 is 5.73 Å². The van der Waals surface area contributed by atoms with Gasteiger partial charge in [-0.25, -0.2) is 4.98 Å². The highest BCUT2D eigenvalue weighted by molar-refractivity contribution is 5.93. The molecule has 0 aliphatic rings. The summed E-state index contributed by atoms with van der Waals surface area (Å²) in [6.45, 7) is 0.818. The largest absolute Gasteiger partial charge is 0.409 e. The Morgan fingerprint density at radius 3 is 2.79 bits per heavy atom. The van der Waals surface area contributed by atoms with E-state index in [9.17, 15) is 0 Å². The number of unbranched alkanes of at least 4 members (excludes halogenated alkanes) is 1. The summed E-state index contributed by atoms with van der Waals surface area (Å²) in [4.78, 5) is 4.07. The first-order valence-electron chi connectivity index (χ1n) is 6.34. The zero-order chi connectivity index (χ0) is 13.5. The van der Waals surface area contributed by atoms with Crippen molar-refractivity contribution in [3.63, 3.8) is 0 Å². The van der Waals surface area contributed by atoms with Gasteiger partial charge in [0.15, 0.2) is 5.82 Å². The highest BCUT2D eigenvalue weighted by Crippen LogP contribution is 2.07. The summed E-state index contributed by atoms with van der Waals surface area (Å²) in [5, 5.41) is 11.6. The molecule has 2 rings (SSSR count). The number of hydrogen-bond donors (Lipinski definition) is 2. The SMILES string of the molecule is N/C(=N/O)c1nccn1CCCCc1ccccc1. The molecule has 0 bridgehead atoms. The number of nitrogens with zero attached hydrogens (tertiary/aromatic N) is 3. The van der Waals surface area contributed by atoms with Crippen LogP contribution in [0.3, 0.4) is 0 Å². The van der Waals surface area contributed by atoms with Crippen LogP contribution in [0.25, 0.3) is 0 Å². The highest BCUT2D eigenvalue weighted by Gasteiger charge is 2.06. The molecule has 0 aliphatic carbocycles. The predicted molar refractivity (Wildman–Crippen MR) is 74.1 cm³/mol. The molecule has 5 nitrogen and oxygen atoms in total. The number of amidine groups is 1. The minimum absolute atomic E-state index is 0.0491. The molecule has 1 aromatic heterocycles. The van der Waals surface area contributed by atoms with Crippen LogP contribution in [0.2, 0.25) is 0 Å². The van der Waals surface area contributed by atoms with Crippen LogP contribution >= 0.6 is 0 Å². The van der Waals surface area contributed by atoms with E-state index in [-0.39, 0.29) is 5.84 Å². The van der Waals surface area contributed by atoms with Gasteiger partial charge in [0.25, 0.3) is 0 Å². The summed E-state index contributed by atoms with van der Waals surface area (Å²) in [6, 6.07) is 10.4. The first-order chi connectivity index (χ1) is 9.31. The van der Waals surface area contributed by atoms with E-state index in [1.54, 1.807) is 6.20 Å².